The summed E-state index contributed by atoms with van der Waals surface area (Å²) in [5, 5.41) is 18.2. The number of sulfonamides is 1. The highest BCUT2D eigenvalue weighted by atomic mass is 79.9. The van der Waals surface area contributed by atoms with E-state index in [1.807, 2.05) is 0 Å². The van der Waals surface area contributed by atoms with Crippen LogP contribution in [-0.4, -0.2) is 41.8 Å². The molecule has 0 radical (unpaired) electrons. The number of hydrogen-bond acceptors (Lipinski definition) is 5. The maximum atomic E-state index is 12.7. The molecule has 3 aromatic rings. The van der Waals surface area contributed by atoms with Gasteiger partial charge in [0.2, 0.25) is 15.9 Å². The Morgan fingerprint density at radius 1 is 1.17 bits per heavy atom. The molecule has 1 amide bonds. The maximum Gasteiger partial charge on any atom is 0.295 e. The molecule has 2 N–H and O–H groups in total. The lowest BCUT2D eigenvalue weighted by Crippen LogP contribution is -2.30. The van der Waals surface area contributed by atoms with Crippen molar-refractivity contribution in [2.45, 2.75) is 18.7 Å². The Labute approximate surface area is 176 Å². The van der Waals surface area contributed by atoms with E-state index in [4.69, 9.17) is 0 Å². The van der Waals surface area contributed by atoms with Crippen molar-refractivity contribution in [3.8, 4) is 5.88 Å². The summed E-state index contributed by atoms with van der Waals surface area (Å²) < 4.78 is 27.4. The number of fused-ring (bicyclic) bond motifs is 1. The number of aromatic amines is 1. The predicted octanol–water partition coefficient (Wildman–Crippen LogP) is 4.59. The van der Waals surface area contributed by atoms with Crippen molar-refractivity contribution >= 4 is 48.5 Å². The van der Waals surface area contributed by atoms with Gasteiger partial charge in [-0.1, -0.05) is 35.8 Å². The molecule has 0 saturated heterocycles. The number of nitrogens with zero attached hydrogens (tertiary/aromatic N) is 3. The molecule has 2 aromatic carbocycles. The van der Waals surface area contributed by atoms with Crippen molar-refractivity contribution in [3.63, 3.8) is 0 Å². The van der Waals surface area contributed by atoms with Crippen LogP contribution in [0.15, 0.2) is 62.1 Å². The Bertz CT molecular complexity index is 1200. The van der Waals surface area contributed by atoms with Crippen LogP contribution in [0, 0.1) is 0 Å². The molecular formula is C19H19BrN4O4S. The lowest BCUT2D eigenvalue weighted by Gasteiger charge is -2.18. The second kappa shape index (κ2) is 8.44. The van der Waals surface area contributed by atoms with Crippen molar-refractivity contribution in [1.82, 2.24) is 9.29 Å². The number of nitrogens with one attached hydrogen (secondary N) is 1. The van der Waals surface area contributed by atoms with Gasteiger partial charge in [-0.05, 0) is 36.4 Å². The van der Waals surface area contributed by atoms with Gasteiger partial charge in [0.25, 0.3) is 5.91 Å². The molecule has 0 bridgehead atoms. The smallest absolute Gasteiger partial charge is 0.295 e. The molecule has 0 spiro atoms. The third-order valence-corrected chi connectivity index (χ3v) is 6.92. The Morgan fingerprint density at radius 2 is 1.90 bits per heavy atom. The van der Waals surface area contributed by atoms with Crippen molar-refractivity contribution < 1.29 is 18.3 Å². The van der Waals surface area contributed by atoms with E-state index in [0.717, 1.165) is 4.47 Å². The third kappa shape index (κ3) is 4.24. The van der Waals surface area contributed by atoms with Gasteiger partial charge in [0.05, 0.1) is 10.4 Å². The van der Waals surface area contributed by atoms with Gasteiger partial charge < -0.3 is 10.1 Å². The summed E-state index contributed by atoms with van der Waals surface area (Å²) in [6.07, 6.45) is 0. The molecule has 0 unspecified atom stereocenters. The zero-order valence-corrected chi connectivity index (χ0v) is 18.2. The average molecular weight is 479 g/mol. The van der Waals surface area contributed by atoms with Crippen LogP contribution in [-0.2, 0) is 10.0 Å². The van der Waals surface area contributed by atoms with E-state index < -0.39 is 15.9 Å². The van der Waals surface area contributed by atoms with Crippen LogP contribution in [0.1, 0.15) is 24.2 Å². The average Bonchev–Trinajstić information content (AvgIpc) is 3.01. The summed E-state index contributed by atoms with van der Waals surface area (Å²) >= 11 is 3.35. The Balaban J connectivity index is 1.93. The monoisotopic (exact) mass is 478 g/mol. The number of rotatable bonds is 6. The summed E-state index contributed by atoms with van der Waals surface area (Å²) in [7, 11) is -3.70. The van der Waals surface area contributed by atoms with Gasteiger partial charge in [-0.2, -0.15) is 4.31 Å². The van der Waals surface area contributed by atoms with E-state index in [2.05, 4.69) is 31.1 Å². The summed E-state index contributed by atoms with van der Waals surface area (Å²) in [6, 6.07) is 11.0. The van der Waals surface area contributed by atoms with Crippen molar-refractivity contribution in [2.24, 2.45) is 10.2 Å². The van der Waals surface area contributed by atoms with Crippen LogP contribution >= 0.6 is 15.9 Å². The number of halogens is 1. The molecule has 0 fully saturated rings. The van der Waals surface area contributed by atoms with E-state index in [0.29, 0.717) is 24.0 Å². The second-order valence-electron chi connectivity index (χ2n) is 6.13. The number of carbonyl (C=O) groups is 1. The summed E-state index contributed by atoms with van der Waals surface area (Å²) in [6.45, 7) is 4.14. The highest BCUT2D eigenvalue weighted by Gasteiger charge is 2.22. The number of hydrogen-bond donors (Lipinski definition) is 2. The summed E-state index contributed by atoms with van der Waals surface area (Å²) in [5.74, 6) is -0.933. The fourth-order valence-electron chi connectivity index (χ4n) is 2.89. The third-order valence-electron chi connectivity index (χ3n) is 4.38. The van der Waals surface area contributed by atoms with Crippen molar-refractivity contribution in [2.75, 3.05) is 13.1 Å². The van der Waals surface area contributed by atoms with Crippen LogP contribution in [0.25, 0.3) is 10.9 Å². The quantitative estimate of drug-likeness (QED) is 0.503. The van der Waals surface area contributed by atoms with E-state index >= 15 is 0 Å². The molecule has 0 aliphatic heterocycles. The maximum absolute atomic E-state index is 12.7. The fourth-order valence-corrected chi connectivity index (χ4v) is 4.76. The Morgan fingerprint density at radius 3 is 2.59 bits per heavy atom. The predicted molar refractivity (Wildman–Crippen MR) is 113 cm³/mol. The Kier molecular flexibility index (Phi) is 6.15. The number of aromatic nitrogens is 1. The normalized spacial score (nSPS) is 12.3. The van der Waals surface area contributed by atoms with Crippen LogP contribution < -0.4 is 0 Å². The minimum atomic E-state index is -3.70. The number of benzene rings is 2. The minimum absolute atomic E-state index is 0.0149. The van der Waals surface area contributed by atoms with Crippen LogP contribution in [0.5, 0.6) is 5.88 Å². The zero-order chi connectivity index (χ0) is 21.2. The van der Waals surface area contributed by atoms with Gasteiger partial charge in [0, 0.05) is 28.5 Å². The number of amides is 1. The van der Waals surface area contributed by atoms with E-state index in [9.17, 15) is 18.3 Å². The van der Waals surface area contributed by atoms with Crippen molar-refractivity contribution in [1.29, 1.82) is 0 Å². The Hall–Kier alpha value is -2.56. The van der Waals surface area contributed by atoms with Crippen LogP contribution in [0.2, 0.25) is 0 Å². The first kappa shape index (κ1) is 21.2. The topological polar surface area (TPSA) is 115 Å². The van der Waals surface area contributed by atoms with E-state index in [-0.39, 0.29) is 22.0 Å². The molecule has 0 atom stereocenters. The van der Waals surface area contributed by atoms with Crippen LogP contribution in [0.4, 0.5) is 5.69 Å². The zero-order valence-electron chi connectivity index (χ0n) is 15.8. The highest BCUT2D eigenvalue weighted by Crippen LogP contribution is 2.36. The first-order valence-corrected chi connectivity index (χ1v) is 11.1. The lowest BCUT2D eigenvalue weighted by atomic mass is 10.2. The van der Waals surface area contributed by atoms with Gasteiger partial charge in [-0.3, -0.25) is 4.79 Å². The highest BCUT2D eigenvalue weighted by molar-refractivity contribution is 9.10. The standard InChI is InChI=1S/C19H19BrN4O4S/c1-3-24(4-2)29(27,28)14-7-5-6-12(10-14)18(25)23-22-17-15-11-13(20)8-9-16(15)21-19(17)26/h5-11,21,26H,3-4H2,1-2H3. The molecule has 29 heavy (non-hydrogen) atoms. The van der Waals surface area contributed by atoms with Gasteiger partial charge in [-0.15, -0.1) is 10.2 Å². The summed E-state index contributed by atoms with van der Waals surface area (Å²) in [4.78, 5) is 15.2. The first-order valence-electron chi connectivity index (χ1n) is 8.84. The number of carbonyl (C=O) groups excluding carboxylic acids is 1. The van der Waals surface area contributed by atoms with E-state index in [1.165, 1.54) is 28.6 Å². The second-order valence-corrected chi connectivity index (χ2v) is 8.99. The molecule has 1 aromatic heterocycles. The fraction of sp³-hybridized carbons (Fsp3) is 0.211. The van der Waals surface area contributed by atoms with Gasteiger partial charge >= 0.3 is 0 Å². The van der Waals surface area contributed by atoms with Gasteiger partial charge in [0.1, 0.15) is 0 Å². The molecule has 0 aliphatic rings. The SMILES string of the molecule is CCN(CC)S(=O)(=O)c1cccc(C(=O)N=Nc2c(O)[nH]c3ccc(Br)cc23)c1. The first-order chi connectivity index (χ1) is 13.8. The molecule has 1 heterocycles. The lowest BCUT2D eigenvalue weighted by molar-refractivity contribution is 0.0995. The summed E-state index contributed by atoms with van der Waals surface area (Å²) in [5.41, 5.74) is 0.850. The largest absolute Gasteiger partial charge is 0.493 e. The molecule has 152 valence electrons. The van der Waals surface area contributed by atoms with Crippen LogP contribution in [0.3, 0.4) is 0 Å². The molecule has 8 nitrogen and oxygen atoms in total. The van der Waals surface area contributed by atoms with Crippen molar-refractivity contribution in [3.05, 3.63) is 52.5 Å². The molecule has 10 heteroatoms. The van der Waals surface area contributed by atoms with Gasteiger partial charge in [-0.25, -0.2) is 8.42 Å². The number of azo groups is 1. The molecular weight excluding hydrogens is 460 g/mol. The molecule has 0 aliphatic carbocycles. The number of aromatic hydroxyl groups is 1. The number of H-pyrrole nitrogens is 1. The molecule has 3 rings (SSSR count). The minimum Gasteiger partial charge on any atom is -0.493 e. The van der Waals surface area contributed by atoms with Gasteiger partial charge in [0.15, 0.2) is 5.69 Å². The molecule has 0 saturated carbocycles. The van der Waals surface area contributed by atoms with E-state index in [1.54, 1.807) is 32.0 Å².